The van der Waals surface area contributed by atoms with Crippen molar-refractivity contribution in [1.82, 2.24) is 24.8 Å². The van der Waals surface area contributed by atoms with E-state index in [1.54, 1.807) is 0 Å². The highest BCUT2D eigenvalue weighted by Crippen LogP contribution is 2.30. The number of nitrogens with one attached hydrogen (secondary N) is 2. The molecule has 1 amide bonds. The number of imidazole rings is 1. The quantitative estimate of drug-likeness (QED) is 0.411. The van der Waals surface area contributed by atoms with Gasteiger partial charge in [-0.2, -0.15) is 4.98 Å². The van der Waals surface area contributed by atoms with E-state index in [4.69, 9.17) is 10.5 Å². The van der Waals surface area contributed by atoms with Crippen LogP contribution in [0, 0.1) is 0 Å². The Hall–Kier alpha value is -2.50. The highest BCUT2D eigenvalue weighted by atomic mass is 16.6. The molecule has 124 valence electrons. The zero-order valence-electron chi connectivity index (χ0n) is 12.1. The van der Waals surface area contributed by atoms with Crippen molar-refractivity contribution in [2.24, 2.45) is 0 Å². The fraction of sp³-hybridized carbons (Fsp3) is 0.500. The summed E-state index contributed by atoms with van der Waals surface area (Å²) in [6.07, 6.45) is -3.05. The number of carbonyl (C=O) groups is 1. The highest BCUT2D eigenvalue weighted by Gasteiger charge is 2.44. The molecule has 1 saturated heterocycles. The Labute approximate surface area is 129 Å². The second-order valence-corrected chi connectivity index (χ2v) is 5.26. The van der Waals surface area contributed by atoms with E-state index in [0.717, 1.165) is 0 Å². The number of fused-ring (bicyclic) bond motifs is 1. The van der Waals surface area contributed by atoms with Gasteiger partial charge in [0.2, 0.25) is 11.9 Å². The van der Waals surface area contributed by atoms with Gasteiger partial charge < -0.3 is 26.0 Å². The number of carbonyl (C=O) groups excluding carboxylic acids is 1. The number of anilines is 1. The number of hydrogen-bond acceptors (Lipinski definition) is 8. The Morgan fingerprint density at radius 3 is 2.96 bits per heavy atom. The first-order chi connectivity index (χ1) is 10.9. The summed E-state index contributed by atoms with van der Waals surface area (Å²) in [7, 11) is 0. The lowest BCUT2D eigenvalue weighted by Gasteiger charge is -2.16. The maximum Gasteiger partial charge on any atom is 0.280 e. The van der Waals surface area contributed by atoms with Crippen LogP contribution in [0.4, 0.5) is 5.95 Å². The minimum atomic E-state index is -1.28. The zero-order valence-corrected chi connectivity index (χ0v) is 12.1. The molecule has 23 heavy (non-hydrogen) atoms. The molecule has 0 aliphatic carbocycles. The molecule has 4 atom stereocenters. The van der Waals surface area contributed by atoms with E-state index in [1.165, 1.54) is 17.8 Å². The van der Waals surface area contributed by atoms with Gasteiger partial charge in [-0.1, -0.05) is 0 Å². The molecule has 2 aromatic rings. The second kappa shape index (κ2) is 5.61. The molecule has 11 heteroatoms. The van der Waals surface area contributed by atoms with Crippen molar-refractivity contribution in [3.05, 3.63) is 16.7 Å². The number of aromatic nitrogens is 4. The van der Waals surface area contributed by atoms with Crippen molar-refractivity contribution >= 4 is 23.0 Å². The van der Waals surface area contributed by atoms with Crippen molar-refractivity contribution in [3.8, 4) is 0 Å². The van der Waals surface area contributed by atoms with Crippen LogP contribution in [-0.2, 0) is 9.53 Å². The molecular formula is C12H16N6O5. The molecule has 0 saturated carbocycles. The van der Waals surface area contributed by atoms with Crippen LogP contribution in [0.15, 0.2) is 11.1 Å². The largest absolute Gasteiger partial charge is 0.387 e. The average Bonchev–Trinajstić information content (AvgIpc) is 3.00. The summed E-state index contributed by atoms with van der Waals surface area (Å²) in [5.41, 5.74) is 5.16. The smallest absolute Gasteiger partial charge is 0.280 e. The summed E-state index contributed by atoms with van der Waals surface area (Å²) < 4.78 is 6.91. The average molecular weight is 324 g/mol. The van der Waals surface area contributed by atoms with Crippen molar-refractivity contribution in [3.63, 3.8) is 0 Å². The van der Waals surface area contributed by atoms with Crippen LogP contribution in [-0.4, -0.2) is 60.5 Å². The first-order valence-corrected chi connectivity index (χ1v) is 6.87. The molecule has 0 spiro atoms. The van der Waals surface area contributed by atoms with E-state index in [2.05, 4.69) is 20.3 Å². The van der Waals surface area contributed by atoms with Crippen LogP contribution in [0.2, 0.25) is 0 Å². The molecule has 1 aliphatic rings. The third-order valence-electron chi connectivity index (χ3n) is 3.61. The van der Waals surface area contributed by atoms with E-state index in [1.807, 2.05) is 0 Å². The number of aromatic amines is 1. The van der Waals surface area contributed by atoms with Gasteiger partial charge in [-0.05, 0) is 0 Å². The van der Waals surface area contributed by atoms with E-state index in [9.17, 15) is 19.8 Å². The highest BCUT2D eigenvalue weighted by molar-refractivity contribution is 5.72. The lowest BCUT2D eigenvalue weighted by molar-refractivity contribution is -0.120. The number of nitrogens with zero attached hydrogens (tertiary/aromatic N) is 3. The van der Waals surface area contributed by atoms with E-state index in [-0.39, 0.29) is 29.6 Å². The first kappa shape index (κ1) is 15.4. The van der Waals surface area contributed by atoms with Crippen molar-refractivity contribution in [1.29, 1.82) is 0 Å². The molecule has 3 rings (SSSR count). The predicted molar refractivity (Wildman–Crippen MR) is 77.2 cm³/mol. The van der Waals surface area contributed by atoms with Crippen LogP contribution in [0.3, 0.4) is 0 Å². The van der Waals surface area contributed by atoms with Crippen molar-refractivity contribution in [2.45, 2.75) is 31.5 Å². The standard InChI is InChI=1S/C12H16N6O5/c1-4(19)14-2-5-7(20)8(21)11(23-5)18-3-15-6-9(18)16-12(13)17-10(6)22/h3,5,7-8,11,20-21H,2H2,1H3,(H,14,19)(H3,13,16,17,22)/t5-,7-,8-,11-/m1/s1. The molecule has 6 N–H and O–H groups in total. The Morgan fingerprint density at radius 1 is 1.52 bits per heavy atom. The predicted octanol–water partition coefficient (Wildman–Crippen LogP) is -2.54. The first-order valence-electron chi connectivity index (χ1n) is 6.87. The fourth-order valence-corrected chi connectivity index (χ4v) is 2.50. The minimum Gasteiger partial charge on any atom is -0.387 e. The number of aliphatic hydroxyl groups excluding tert-OH is 2. The normalized spacial score (nSPS) is 27.4. The van der Waals surface area contributed by atoms with Gasteiger partial charge in [0.1, 0.15) is 18.3 Å². The van der Waals surface area contributed by atoms with Gasteiger partial charge in [0.15, 0.2) is 17.4 Å². The lowest BCUT2D eigenvalue weighted by Crippen LogP contribution is -2.39. The maximum absolute atomic E-state index is 11.8. The summed E-state index contributed by atoms with van der Waals surface area (Å²) >= 11 is 0. The third kappa shape index (κ3) is 2.65. The molecule has 0 unspecified atom stereocenters. The molecular weight excluding hydrogens is 308 g/mol. The molecule has 11 nitrogen and oxygen atoms in total. The van der Waals surface area contributed by atoms with Gasteiger partial charge in [0.05, 0.1) is 6.33 Å². The number of amides is 1. The summed E-state index contributed by atoms with van der Waals surface area (Å²) in [6.45, 7) is 1.37. The molecule has 2 aromatic heterocycles. The number of nitrogen functional groups attached to an aromatic ring is 1. The molecule has 3 heterocycles. The number of hydrogen-bond donors (Lipinski definition) is 5. The summed E-state index contributed by atoms with van der Waals surface area (Å²) in [5.74, 6) is -0.389. The number of nitrogens with two attached hydrogens (primary N) is 1. The minimum absolute atomic E-state index is 0.0346. The Bertz CT molecular complexity index is 801. The number of aliphatic hydroxyl groups is 2. The van der Waals surface area contributed by atoms with Crippen LogP contribution < -0.4 is 16.6 Å². The zero-order chi connectivity index (χ0) is 16.7. The van der Waals surface area contributed by atoms with E-state index in [0.29, 0.717) is 0 Å². The van der Waals surface area contributed by atoms with Gasteiger partial charge in [-0.25, -0.2) is 4.98 Å². The van der Waals surface area contributed by atoms with Crippen molar-refractivity contribution < 1.29 is 19.7 Å². The van der Waals surface area contributed by atoms with Gasteiger partial charge in [0, 0.05) is 13.5 Å². The maximum atomic E-state index is 11.8. The number of ether oxygens (including phenoxy) is 1. The summed E-state index contributed by atoms with van der Waals surface area (Å²) in [5, 5.41) is 22.7. The van der Waals surface area contributed by atoms with E-state index < -0.39 is 30.1 Å². The lowest BCUT2D eigenvalue weighted by atomic mass is 10.1. The Balaban J connectivity index is 1.93. The number of H-pyrrole nitrogens is 1. The topological polar surface area (TPSA) is 168 Å². The second-order valence-electron chi connectivity index (χ2n) is 5.26. The molecule has 1 fully saturated rings. The van der Waals surface area contributed by atoms with Crippen LogP contribution in [0.5, 0.6) is 0 Å². The van der Waals surface area contributed by atoms with Gasteiger partial charge >= 0.3 is 0 Å². The fourth-order valence-electron chi connectivity index (χ4n) is 2.50. The number of rotatable bonds is 3. The Kier molecular flexibility index (Phi) is 3.75. The van der Waals surface area contributed by atoms with Crippen LogP contribution in [0.1, 0.15) is 13.2 Å². The van der Waals surface area contributed by atoms with Crippen LogP contribution in [0.25, 0.3) is 11.2 Å². The molecule has 0 aromatic carbocycles. The molecule has 1 aliphatic heterocycles. The third-order valence-corrected chi connectivity index (χ3v) is 3.61. The monoisotopic (exact) mass is 324 g/mol. The summed E-state index contributed by atoms with van der Waals surface area (Å²) in [6, 6.07) is 0. The van der Waals surface area contributed by atoms with Gasteiger partial charge in [0.25, 0.3) is 5.56 Å². The molecule has 0 bridgehead atoms. The van der Waals surface area contributed by atoms with Gasteiger partial charge in [-0.3, -0.25) is 19.1 Å². The Morgan fingerprint density at radius 2 is 2.26 bits per heavy atom. The van der Waals surface area contributed by atoms with Crippen LogP contribution >= 0.6 is 0 Å². The SMILES string of the molecule is CC(=O)NC[C@H]1O[C@@H](n2cnc3c(=O)[nH]c(N)nc32)[C@H](O)[C@@H]1O. The van der Waals surface area contributed by atoms with Gasteiger partial charge in [-0.15, -0.1) is 0 Å². The summed E-state index contributed by atoms with van der Waals surface area (Å²) in [4.78, 5) is 32.9. The van der Waals surface area contributed by atoms with Crippen molar-refractivity contribution in [2.75, 3.05) is 12.3 Å². The molecule has 0 radical (unpaired) electrons. The van der Waals surface area contributed by atoms with E-state index >= 15 is 0 Å².